The molecule has 1 heterocycles. The second-order valence-electron chi connectivity index (χ2n) is 5.87. The average Bonchev–Trinajstić information content (AvgIpc) is 2.27. The molecule has 0 bridgehead atoms. The fourth-order valence-corrected chi connectivity index (χ4v) is 1.95. The minimum absolute atomic E-state index is 0.0302. The molecule has 1 fully saturated rings. The van der Waals surface area contributed by atoms with E-state index in [1.54, 1.807) is 11.0 Å². The van der Waals surface area contributed by atoms with Gasteiger partial charge in [-0.25, -0.2) is 4.79 Å². The van der Waals surface area contributed by atoms with Crippen molar-refractivity contribution in [3.05, 3.63) is 12.7 Å². The molecular formula is C14H24N2O3. The van der Waals surface area contributed by atoms with E-state index in [1.807, 2.05) is 27.7 Å². The van der Waals surface area contributed by atoms with Gasteiger partial charge in [0.05, 0.1) is 6.04 Å². The number of ether oxygens (including phenoxy) is 1. The molecule has 0 N–H and O–H groups in total. The Balaban J connectivity index is 2.62. The smallest absolute Gasteiger partial charge is 0.411 e. The molecule has 0 unspecified atom stereocenters. The van der Waals surface area contributed by atoms with Gasteiger partial charge in [0, 0.05) is 13.1 Å². The van der Waals surface area contributed by atoms with Crippen molar-refractivity contribution in [2.24, 2.45) is 0 Å². The lowest BCUT2D eigenvalue weighted by Crippen LogP contribution is -2.57. The molecule has 1 aliphatic rings. The number of hydrogen-bond acceptors (Lipinski definition) is 3. The Morgan fingerprint density at radius 3 is 2.68 bits per heavy atom. The predicted octanol–water partition coefficient (Wildman–Crippen LogP) is 2.03. The SMILES string of the molecule is C=CCCN1C[C@@H](C)N(C(=O)OC(C)(C)C)CC1=O. The molecule has 1 saturated heterocycles. The van der Waals surface area contributed by atoms with Crippen LogP contribution in [0.5, 0.6) is 0 Å². The number of carbonyl (C=O) groups excluding carboxylic acids is 2. The third kappa shape index (κ3) is 4.58. The number of carbonyl (C=O) groups is 2. The summed E-state index contributed by atoms with van der Waals surface area (Å²) >= 11 is 0. The minimum Gasteiger partial charge on any atom is -0.444 e. The molecule has 5 nitrogen and oxygen atoms in total. The lowest BCUT2D eigenvalue weighted by atomic mass is 10.1. The summed E-state index contributed by atoms with van der Waals surface area (Å²) in [5.41, 5.74) is -0.542. The Morgan fingerprint density at radius 2 is 2.16 bits per heavy atom. The zero-order chi connectivity index (χ0) is 14.6. The van der Waals surface area contributed by atoms with Crippen molar-refractivity contribution in [2.75, 3.05) is 19.6 Å². The number of rotatable bonds is 3. The maximum Gasteiger partial charge on any atom is 0.411 e. The summed E-state index contributed by atoms with van der Waals surface area (Å²) in [4.78, 5) is 27.2. The lowest BCUT2D eigenvalue weighted by molar-refractivity contribution is -0.137. The van der Waals surface area contributed by atoms with E-state index in [1.165, 1.54) is 4.90 Å². The Bertz CT molecular complexity index is 360. The molecular weight excluding hydrogens is 244 g/mol. The van der Waals surface area contributed by atoms with E-state index < -0.39 is 11.7 Å². The van der Waals surface area contributed by atoms with Crippen LogP contribution < -0.4 is 0 Å². The molecule has 0 aliphatic carbocycles. The highest BCUT2D eigenvalue weighted by Gasteiger charge is 2.34. The molecule has 1 aliphatic heterocycles. The number of amides is 2. The molecule has 2 amide bonds. The van der Waals surface area contributed by atoms with Gasteiger partial charge in [0.25, 0.3) is 0 Å². The molecule has 0 radical (unpaired) electrons. The highest BCUT2D eigenvalue weighted by Crippen LogP contribution is 2.16. The first-order valence-corrected chi connectivity index (χ1v) is 6.63. The van der Waals surface area contributed by atoms with Gasteiger partial charge in [0.2, 0.25) is 5.91 Å². The van der Waals surface area contributed by atoms with Crippen LogP contribution in [0.3, 0.4) is 0 Å². The van der Waals surface area contributed by atoms with Crippen molar-refractivity contribution in [1.29, 1.82) is 0 Å². The third-order valence-electron chi connectivity index (χ3n) is 2.91. The van der Waals surface area contributed by atoms with Crippen LogP contribution in [-0.2, 0) is 9.53 Å². The zero-order valence-corrected chi connectivity index (χ0v) is 12.3. The molecule has 0 aromatic carbocycles. The van der Waals surface area contributed by atoms with Gasteiger partial charge in [-0.3, -0.25) is 9.69 Å². The van der Waals surface area contributed by atoms with Crippen LogP contribution >= 0.6 is 0 Å². The molecule has 5 heteroatoms. The van der Waals surface area contributed by atoms with Crippen molar-refractivity contribution in [3.8, 4) is 0 Å². The third-order valence-corrected chi connectivity index (χ3v) is 2.91. The maximum atomic E-state index is 12.0. The van der Waals surface area contributed by atoms with Crippen molar-refractivity contribution in [1.82, 2.24) is 9.80 Å². The van der Waals surface area contributed by atoms with E-state index in [-0.39, 0.29) is 18.5 Å². The first kappa shape index (κ1) is 15.5. The van der Waals surface area contributed by atoms with Crippen LogP contribution in [0.25, 0.3) is 0 Å². The second kappa shape index (κ2) is 6.08. The maximum absolute atomic E-state index is 12.0. The zero-order valence-electron chi connectivity index (χ0n) is 12.3. The predicted molar refractivity (Wildman–Crippen MR) is 73.8 cm³/mol. The van der Waals surface area contributed by atoms with Crippen LogP contribution in [0.15, 0.2) is 12.7 Å². The first-order valence-electron chi connectivity index (χ1n) is 6.63. The lowest BCUT2D eigenvalue weighted by Gasteiger charge is -2.39. The molecule has 0 aromatic rings. The minimum atomic E-state index is -0.542. The van der Waals surface area contributed by atoms with Crippen LogP contribution in [0.1, 0.15) is 34.1 Å². The van der Waals surface area contributed by atoms with Crippen LogP contribution in [0.4, 0.5) is 4.79 Å². The van der Waals surface area contributed by atoms with Gasteiger partial charge in [-0.15, -0.1) is 6.58 Å². The normalized spacial score (nSPS) is 20.4. The van der Waals surface area contributed by atoms with Gasteiger partial charge in [0.15, 0.2) is 0 Å². The summed E-state index contributed by atoms with van der Waals surface area (Å²) in [5, 5.41) is 0. The number of piperazine rings is 1. The largest absolute Gasteiger partial charge is 0.444 e. The van der Waals surface area contributed by atoms with Crippen molar-refractivity contribution in [2.45, 2.75) is 45.8 Å². The van der Waals surface area contributed by atoms with Crippen LogP contribution in [0, 0.1) is 0 Å². The Kier molecular flexibility index (Phi) is 4.97. The van der Waals surface area contributed by atoms with E-state index in [9.17, 15) is 9.59 Å². The number of hydrogen-bond donors (Lipinski definition) is 0. The Labute approximate surface area is 115 Å². The Hall–Kier alpha value is -1.52. The van der Waals surface area contributed by atoms with Crippen molar-refractivity contribution < 1.29 is 14.3 Å². The van der Waals surface area contributed by atoms with Gasteiger partial charge in [-0.2, -0.15) is 0 Å². The molecule has 19 heavy (non-hydrogen) atoms. The number of nitrogens with zero attached hydrogens (tertiary/aromatic N) is 2. The second-order valence-corrected chi connectivity index (χ2v) is 5.87. The highest BCUT2D eigenvalue weighted by atomic mass is 16.6. The summed E-state index contributed by atoms with van der Waals surface area (Å²) in [7, 11) is 0. The summed E-state index contributed by atoms with van der Waals surface area (Å²) in [6.45, 7) is 12.3. The molecule has 0 aromatic heterocycles. The van der Waals surface area contributed by atoms with Gasteiger partial charge in [0.1, 0.15) is 12.1 Å². The quantitative estimate of drug-likeness (QED) is 0.736. The molecule has 1 atom stereocenters. The van der Waals surface area contributed by atoms with Gasteiger partial charge >= 0.3 is 6.09 Å². The average molecular weight is 268 g/mol. The van der Waals surface area contributed by atoms with Gasteiger partial charge < -0.3 is 9.64 Å². The van der Waals surface area contributed by atoms with Crippen molar-refractivity contribution in [3.63, 3.8) is 0 Å². The van der Waals surface area contributed by atoms with Crippen molar-refractivity contribution >= 4 is 12.0 Å². The first-order chi connectivity index (χ1) is 8.74. The van der Waals surface area contributed by atoms with E-state index >= 15 is 0 Å². The van der Waals surface area contributed by atoms with Gasteiger partial charge in [-0.1, -0.05) is 6.08 Å². The molecule has 108 valence electrons. The van der Waals surface area contributed by atoms with Crippen LogP contribution in [-0.4, -0.2) is 53.1 Å². The van der Waals surface area contributed by atoms with Gasteiger partial charge in [-0.05, 0) is 34.1 Å². The van der Waals surface area contributed by atoms with Crippen LogP contribution in [0.2, 0.25) is 0 Å². The summed E-state index contributed by atoms with van der Waals surface area (Å²) in [5.74, 6) is -0.0363. The molecule has 1 rings (SSSR count). The summed E-state index contributed by atoms with van der Waals surface area (Å²) < 4.78 is 5.31. The Morgan fingerprint density at radius 1 is 1.53 bits per heavy atom. The molecule has 0 saturated carbocycles. The summed E-state index contributed by atoms with van der Waals surface area (Å²) in [6.07, 6.45) is 2.14. The standard InChI is InChI=1S/C14H24N2O3/c1-6-7-8-15-9-11(2)16(10-12(15)17)13(18)19-14(3,4)5/h6,11H,1,7-10H2,2-5H3/t11-/m1/s1. The molecule has 0 spiro atoms. The highest BCUT2D eigenvalue weighted by molar-refractivity contribution is 5.84. The summed E-state index contributed by atoms with van der Waals surface area (Å²) in [6, 6.07) is -0.0302. The van der Waals surface area contributed by atoms with E-state index in [0.29, 0.717) is 13.1 Å². The monoisotopic (exact) mass is 268 g/mol. The topological polar surface area (TPSA) is 49.9 Å². The van der Waals surface area contributed by atoms with E-state index in [0.717, 1.165) is 6.42 Å². The van der Waals surface area contributed by atoms with E-state index in [4.69, 9.17) is 4.74 Å². The van der Waals surface area contributed by atoms with E-state index in [2.05, 4.69) is 6.58 Å². The fraction of sp³-hybridized carbons (Fsp3) is 0.714. The fourth-order valence-electron chi connectivity index (χ4n) is 1.95.